The van der Waals surface area contributed by atoms with Crippen molar-refractivity contribution in [2.24, 2.45) is 0 Å². The largest absolute Gasteiger partial charge is 0.457 e. The monoisotopic (exact) mass is 513 g/mol. The highest BCUT2D eigenvalue weighted by Gasteiger charge is 2.18. The molecule has 4 rings (SSSR count). The Morgan fingerprint density at radius 2 is 1.91 bits per heavy atom. The summed E-state index contributed by atoms with van der Waals surface area (Å²) in [6, 6.07) is 17.4. The molecule has 176 valence electrons. The van der Waals surface area contributed by atoms with Crippen LogP contribution in [-0.4, -0.2) is 23.6 Å². The minimum absolute atomic E-state index is 0.224. The second-order valence-corrected chi connectivity index (χ2v) is 9.44. The molecule has 0 bridgehead atoms. The molecule has 1 fully saturated rings. The number of amides is 1. The van der Waals surface area contributed by atoms with E-state index in [1.165, 1.54) is 31.0 Å². The molecule has 0 aliphatic carbocycles. The second-order valence-electron chi connectivity index (χ2n) is 8.19. The molecule has 1 amide bonds. The van der Waals surface area contributed by atoms with E-state index in [-0.39, 0.29) is 11.0 Å². The van der Waals surface area contributed by atoms with Gasteiger partial charge in [0.2, 0.25) is 5.91 Å². The van der Waals surface area contributed by atoms with Crippen LogP contribution in [0.15, 0.2) is 65.1 Å². The first kappa shape index (κ1) is 24.3. The van der Waals surface area contributed by atoms with Gasteiger partial charge in [-0.15, -0.1) is 0 Å². The Hall–Kier alpha value is -2.80. The van der Waals surface area contributed by atoms with E-state index in [1.54, 1.807) is 36.4 Å². The highest BCUT2D eigenvalue weighted by molar-refractivity contribution is 7.80. The third-order valence-electron chi connectivity index (χ3n) is 5.72. The van der Waals surface area contributed by atoms with Crippen LogP contribution in [0.2, 0.25) is 10.0 Å². The first-order valence-electron chi connectivity index (χ1n) is 11.1. The summed E-state index contributed by atoms with van der Waals surface area (Å²) in [7, 11) is 0. The SMILES string of the molecule is C[C@H]1CCCCN1c1ccc(NC(=S)NC(=O)/C=C/c2ccc(-c3ccc(Cl)cc3Cl)o2)cc1. The van der Waals surface area contributed by atoms with E-state index in [4.69, 9.17) is 39.8 Å². The first-order chi connectivity index (χ1) is 16.4. The van der Waals surface area contributed by atoms with Crippen molar-refractivity contribution in [2.45, 2.75) is 32.2 Å². The third-order valence-corrected chi connectivity index (χ3v) is 6.47. The summed E-state index contributed by atoms with van der Waals surface area (Å²) < 4.78 is 5.76. The number of nitrogens with zero attached hydrogens (tertiary/aromatic N) is 1. The summed E-state index contributed by atoms with van der Waals surface area (Å²) in [5.41, 5.74) is 2.74. The second kappa shape index (κ2) is 11.1. The number of rotatable bonds is 5. The number of halogens is 2. The molecule has 5 nitrogen and oxygen atoms in total. The van der Waals surface area contributed by atoms with Gasteiger partial charge in [-0.3, -0.25) is 10.1 Å². The molecule has 2 aromatic carbocycles. The molecule has 0 spiro atoms. The van der Waals surface area contributed by atoms with Gasteiger partial charge in [-0.1, -0.05) is 23.2 Å². The molecular weight excluding hydrogens is 489 g/mol. The number of benzene rings is 2. The molecule has 8 heteroatoms. The number of thiocarbonyl (C=S) groups is 1. The Morgan fingerprint density at radius 3 is 2.65 bits per heavy atom. The highest BCUT2D eigenvalue weighted by Crippen LogP contribution is 2.31. The van der Waals surface area contributed by atoms with Crippen LogP contribution in [0.3, 0.4) is 0 Å². The van der Waals surface area contributed by atoms with Gasteiger partial charge in [-0.25, -0.2) is 0 Å². The van der Waals surface area contributed by atoms with E-state index >= 15 is 0 Å². The van der Waals surface area contributed by atoms with Crippen molar-refractivity contribution < 1.29 is 9.21 Å². The normalized spacial score (nSPS) is 16.0. The molecule has 1 atom stereocenters. The topological polar surface area (TPSA) is 57.5 Å². The predicted molar refractivity (Wildman–Crippen MR) is 145 cm³/mol. The standard InChI is InChI=1S/C26H25Cl2N3O2S/c1-17-4-2-3-15-31(17)20-8-6-19(7-9-20)29-26(34)30-25(32)14-11-21-10-13-24(33-21)22-12-5-18(27)16-23(22)28/h5-14,16-17H,2-4,15H2,1H3,(H2,29,30,32,34)/b14-11+/t17-/m0/s1. The van der Waals surface area contributed by atoms with Gasteiger partial charge in [0.25, 0.3) is 0 Å². The van der Waals surface area contributed by atoms with E-state index < -0.39 is 0 Å². The van der Waals surface area contributed by atoms with Crippen molar-refractivity contribution in [1.82, 2.24) is 5.32 Å². The van der Waals surface area contributed by atoms with Crippen LogP contribution >= 0.6 is 35.4 Å². The van der Waals surface area contributed by atoms with Gasteiger partial charge in [0.1, 0.15) is 11.5 Å². The minimum Gasteiger partial charge on any atom is -0.457 e. The van der Waals surface area contributed by atoms with Crippen LogP contribution in [0.25, 0.3) is 17.4 Å². The van der Waals surface area contributed by atoms with E-state index in [2.05, 4.69) is 34.6 Å². The fourth-order valence-electron chi connectivity index (χ4n) is 3.97. The van der Waals surface area contributed by atoms with Crippen LogP contribution in [0.4, 0.5) is 11.4 Å². The smallest absolute Gasteiger partial charge is 0.250 e. The van der Waals surface area contributed by atoms with Crippen LogP contribution < -0.4 is 15.5 Å². The van der Waals surface area contributed by atoms with E-state index in [0.29, 0.717) is 27.6 Å². The lowest BCUT2D eigenvalue weighted by Gasteiger charge is -2.35. The Kier molecular flexibility index (Phi) is 7.93. The minimum atomic E-state index is -0.362. The van der Waals surface area contributed by atoms with Crippen molar-refractivity contribution in [2.75, 3.05) is 16.8 Å². The van der Waals surface area contributed by atoms with Crippen LogP contribution in [0, 0.1) is 0 Å². The lowest BCUT2D eigenvalue weighted by Crippen LogP contribution is -2.37. The quantitative estimate of drug-likeness (QED) is 0.280. The number of carbonyl (C=O) groups excluding carboxylic acids is 1. The lowest BCUT2D eigenvalue weighted by molar-refractivity contribution is -0.115. The maximum atomic E-state index is 12.3. The van der Waals surface area contributed by atoms with Gasteiger partial charge >= 0.3 is 0 Å². The van der Waals surface area contributed by atoms with E-state index in [1.807, 2.05) is 12.1 Å². The fourth-order valence-corrected chi connectivity index (χ4v) is 4.69. The third kappa shape index (κ3) is 6.20. The van der Waals surface area contributed by atoms with Crippen LogP contribution in [-0.2, 0) is 4.79 Å². The van der Waals surface area contributed by atoms with Crippen LogP contribution in [0.1, 0.15) is 31.9 Å². The van der Waals surface area contributed by atoms with Crippen molar-refractivity contribution in [3.63, 3.8) is 0 Å². The molecule has 3 aromatic rings. The van der Waals surface area contributed by atoms with E-state index in [0.717, 1.165) is 17.8 Å². The summed E-state index contributed by atoms with van der Waals surface area (Å²) in [6.45, 7) is 3.35. The Morgan fingerprint density at radius 1 is 1.12 bits per heavy atom. The summed E-state index contributed by atoms with van der Waals surface area (Å²) in [6.07, 6.45) is 6.66. The zero-order valence-corrected chi connectivity index (χ0v) is 21.0. The molecule has 2 heterocycles. The zero-order valence-electron chi connectivity index (χ0n) is 18.7. The molecule has 2 N–H and O–H groups in total. The number of furan rings is 1. The van der Waals surface area contributed by atoms with Crippen molar-refractivity contribution in [3.05, 3.63) is 76.5 Å². The Labute approximate surface area is 214 Å². The maximum absolute atomic E-state index is 12.3. The lowest BCUT2D eigenvalue weighted by atomic mass is 10.0. The van der Waals surface area contributed by atoms with Crippen molar-refractivity contribution in [3.8, 4) is 11.3 Å². The number of carbonyl (C=O) groups is 1. The molecule has 34 heavy (non-hydrogen) atoms. The molecule has 0 unspecified atom stereocenters. The Balaban J connectivity index is 1.30. The van der Waals surface area contributed by atoms with Gasteiger partial charge < -0.3 is 14.6 Å². The van der Waals surface area contributed by atoms with Gasteiger partial charge in [-0.05, 0) is 99.1 Å². The van der Waals surface area contributed by atoms with Gasteiger partial charge in [0, 0.05) is 40.6 Å². The molecule has 1 aliphatic rings. The number of hydrogen-bond acceptors (Lipinski definition) is 4. The first-order valence-corrected chi connectivity index (χ1v) is 12.3. The summed E-state index contributed by atoms with van der Waals surface area (Å²) in [5.74, 6) is 0.734. The average molecular weight is 514 g/mol. The van der Waals surface area contributed by atoms with Gasteiger partial charge in [0.05, 0.1) is 5.02 Å². The van der Waals surface area contributed by atoms with E-state index in [9.17, 15) is 4.79 Å². The van der Waals surface area contributed by atoms with Gasteiger partial charge in [0.15, 0.2) is 5.11 Å². The molecule has 1 saturated heterocycles. The number of piperidine rings is 1. The number of nitrogens with one attached hydrogen (secondary N) is 2. The van der Waals surface area contributed by atoms with Gasteiger partial charge in [-0.2, -0.15) is 0 Å². The zero-order chi connectivity index (χ0) is 24.1. The summed E-state index contributed by atoms with van der Waals surface area (Å²) >= 11 is 17.4. The van der Waals surface area contributed by atoms with Crippen molar-refractivity contribution >= 4 is 63.9 Å². The Bertz CT molecular complexity index is 1210. The van der Waals surface area contributed by atoms with Crippen molar-refractivity contribution in [1.29, 1.82) is 0 Å². The molecular formula is C26H25Cl2N3O2S. The average Bonchev–Trinajstić information content (AvgIpc) is 3.27. The molecule has 1 aromatic heterocycles. The summed E-state index contributed by atoms with van der Waals surface area (Å²) in [4.78, 5) is 14.7. The fraction of sp³-hybridized carbons (Fsp3) is 0.231. The summed E-state index contributed by atoms with van der Waals surface area (Å²) in [5, 5.41) is 6.96. The highest BCUT2D eigenvalue weighted by atomic mass is 35.5. The molecule has 0 saturated carbocycles. The number of hydrogen-bond donors (Lipinski definition) is 2. The predicted octanol–water partition coefficient (Wildman–Crippen LogP) is 7.16. The molecule has 0 radical (unpaired) electrons. The van der Waals surface area contributed by atoms with Crippen LogP contribution in [0.5, 0.6) is 0 Å². The number of anilines is 2. The maximum Gasteiger partial charge on any atom is 0.250 e. The molecule has 1 aliphatic heterocycles.